The van der Waals surface area contributed by atoms with E-state index in [9.17, 15) is 9.59 Å². The van der Waals surface area contributed by atoms with Gasteiger partial charge in [-0.2, -0.15) is 0 Å². The van der Waals surface area contributed by atoms with Crippen LogP contribution < -0.4 is 15.4 Å². The molecule has 1 saturated carbocycles. The highest BCUT2D eigenvalue weighted by Gasteiger charge is 2.48. The Balaban J connectivity index is 1.61. The summed E-state index contributed by atoms with van der Waals surface area (Å²) in [6.45, 7) is 5.97. The van der Waals surface area contributed by atoms with Gasteiger partial charge in [-0.25, -0.2) is 0 Å². The lowest BCUT2D eigenvalue weighted by atomic mass is 10.0. The Bertz CT molecular complexity index is 887. The monoisotopic (exact) mass is 386 g/mol. The average Bonchev–Trinajstić information content (AvgIpc) is 3.39. The Morgan fingerprint density at radius 2 is 1.59 bits per heavy atom. The third-order valence-electron chi connectivity index (χ3n) is 4.81. The number of methoxy groups -OCH3 is 1. The molecule has 2 N–H and O–H groups in total. The molecular weight excluding hydrogens is 364 g/mol. The van der Waals surface area contributed by atoms with Gasteiger partial charge < -0.3 is 15.4 Å². The van der Waals surface area contributed by atoms with E-state index >= 15 is 0 Å². The van der Waals surface area contributed by atoms with Crippen LogP contribution in [0.1, 0.15) is 23.1 Å². The van der Waals surface area contributed by atoms with Crippen molar-refractivity contribution in [2.24, 2.45) is 11.8 Å². The number of anilines is 2. The summed E-state index contributed by atoms with van der Waals surface area (Å²) >= 11 is 6.08. The number of hydrogen-bond donors (Lipinski definition) is 2. The Morgan fingerprint density at radius 3 is 2.15 bits per heavy atom. The Morgan fingerprint density at radius 1 is 1.00 bits per heavy atom. The quantitative estimate of drug-likeness (QED) is 0.795. The van der Waals surface area contributed by atoms with Gasteiger partial charge in [-0.05, 0) is 56.5 Å². The van der Waals surface area contributed by atoms with Gasteiger partial charge in [-0.3, -0.25) is 9.59 Å². The first kappa shape index (κ1) is 19.2. The van der Waals surface area contributed by atoms with E-state index in [1.54, 1.807) is 18.2 Å². The summed E-state index contributed by atoms with van der Waals surface area (Å²) < 4.78 is 5.10. The molecule has 2 amide bonds. The lowest BCUT2D eigenvalue weighted by Gasteiger charge is -2.13. The third-order valence-corrected chi connectivity index (χ3v) is 5.10. The van der Waals surface area contributed by atoms with Crippen LogP contribution in [0.5, 0.6) is 5.75 Å². The van der Waals surface area contributed by atoms with Gasteiger partial charge in [0.1, 0.15) is 5.75 Å². The standard InChI is InChI=1S/C21H23ClN2O3/c1-11-7-12(2)19(13(3)8-11)24-21(26)16-10-15(16)20(25)23-14-5-6-18(27-4)17(22)9-14/h5-9,15-16H,10H2,1-4H3,(H,23,25)(H,24,26). The maximum absolute atomic E-state index is 12.5. The molecule has 0 heterocycles. The number of carbonyl (C=O) groups is 2. The van der Waals surface area contributed by atoms with Gasteiger partial charge in [-0.15, -0.1) is 0 Å². The SMILES string of the molecule is COc1ccc(NC(=O)C2CC2C(=O)Nc2c(C)cc(C)cc2C)cc1Cl. The number of carbonyl (C=O) groups excluding carboxylic acids is 2. The first-order valence-electron chi connectivity index (χ1n) is 8.83. The molecule has 2 aromatic carbocycles. The highest BCUT2D eigenvalue weighted by molar-refractivity contribution is 6.32. The fourth-order valence-corrected chi connectivity index (χ4v) is 3.60. The van der Waals surface area contributed by atoms with Crippen molar-refractivity contribution in [2.75, 3.05) is 17.7 Å². The van der Waals surface area contributed by atoms with Gasteiger partial charge in [0.2, 0.25) is 11.8 Å². The first-order chi connectivity index (χ1) is 12.8. The lowest BCUT2D eigenvalue weighted by Crippen LogP contribution is -2.21. The van der Waals surface area contributed by atoms with Crippen LogP contribution in [0.15, 0.2) is 30.3 Å². The predicted molar refractivity (Wildman–Crippen MR) is 108 cm³/mol. The van der Waals surface area contributed by atoms with E-state index in [2.05, 4.69) is 10.6 Å². The van der Waals surface area contributed by atoms with Crippen LogP contribution in [0.4, 0.5) is 11.4 Å². The zero-order valence-electron chi connectivity index (χ0n) is 15.9. The zero-order valence-corrected chi connectivity index (χ0v) is 16.6. The number of amides is 2. The minimum atomic E-state index is -0.322. The first-order valence-corrected chi connectivity index (χ1v) is 9.21. The molecule has 27 heavy (non-hydrogen) atoms. The minimum absolute atomic E-state index is 0.113. The summed E-state index contributed by atoms with van der Waals surface area (Å²) in [4.78, 5) is 25.0. The Kier molecular flexibility index (Phi) is 5.42. The van der Waals surface area contributed by atoms with Crippen LogP contribution in [0.25, 0.3) is 0 Å². The Labute approximate surface area is 164 Å². The van der Waals surface area contributed by atoms with Crippen LogP contribution in [0.3, 0.4) is 0 Å². The number of nitrogens with one attached hydrogen (secondary N) is 2. The maximum Gasteiger partial charge on any atom is 0.228 e. The molecule has 2 atom stereocenters. The number of ether oxygens (including phenoxy) is 1. The van der Waals surface area contributed by atoms with Crippen LogP contribution in [0, 0.1) is 32.6 Å². The second kappa shape index (κ2) is 7.61. The van der Waals surface area contributed by atoms with Gasteiger partial charge in [0.25, 0.3) is 0 Å². The molecule has 142 valence electrons. The lowest BCUT2D eigenvalue weighted by molar-refractivity contribution is -0.122. The molecule has 5 nitrogen and oxygen atoms in total. The van der Waals surface area contributed by atoms with E-state index in [4.69, 9.17) is 16.3 Å². The number of hydrogen-bond acceptors (Lipinski definition) is 3. The summed E-state index contributed by atoms with van der Waals surface area (Å²) in [6.07, 6.45) is 0.547. The molecule has 0 aliphatic heterocycles. The number of halogens is 1. The molecule has 0 saturated heterocycles. The van der Waals surface area contributed by atoms with Crippen LogP contribution in [-0.4, -0.2) is 18.9 Å². The van der Waals surface area contributed by atoms with Gasteiger partial charge in [0.05, 0.1) is 24.0 Å². The molecule has 2 unspecified atom stereocenters. The van der Waals surface area contributed by atoms with Crippen molar-refractivity contribution in [3.63, 3.8) is 0 Å². The molecule has 0 bridgehead atoms. The van der Waals surface area contributed by atoms with Gasteiger partial charge in [-0.1, -0.05) is 29.3 Å². The topological polar surface area (TPSA) is 67.4 Å². The Hall–Kier alpha value is -2.53. The van der Waals surface area contributed by atoms with E-state index in [1.165, 1.54) is 7.11 Å². The molecule has 1 aliphatic carbocycles. The van der Waals surface area contributed by atoms with Crippen molar-refractivity contribution in [1.29, 1.82) is 0 Å². The smallest absolute Gasteiger partial charge is 0.228 e. The number of aryl methyl sites for hydroxylation is 3. The molecular formula is C21H23ClN2O3. The summed E-state index contributed by atoms with van der Waals surface area (Å²) in [5, 5.41) is 6.22. The van der Waals surface area contributed by atoms with Crippen LogP contribution in [-0.2, 0) is 9.59 Å². The van der Waals surface area contributed by atoms with Crippen molar-refractivity contribution < 1.29 is 14.3 Å². The number of rotatable bonds is 5. The van der Waals surface area contributed by atoms with E-state index in [0.717, 1.165) is 22.4 Å². The van der Waals surface area contributed by atoms with E-state index < -0.39 is 0 Å². The van der Waals surface area contributed by atoms with E-state index in [-0.39, 0.29) is 23.7 Å². The second-order valence-electron chi connectivity index (χ2n) is 7.05. The molecule has 0 aromatic heterocycles. The minimum Gasteiger partial charge on any atom is -0.495 e. The van der Waals surface area contributed by atoms with Crippen LogP contribution >= 0.6 is 11.6 Å². The molecule has 1 aliphatic rings. The zero-order chi connectivity index (χ0) is 19.7. The summed E-state index contributed by atoms with van der Waals surface area (Å²) in [5.41, 5.74) is 4.62. The summed E-state index contributed by atoms with van der Waals surface area (Å²) in [5.74, 6) is -0.371. The van der Waals surface area contributed by atoms with Crippen molar-refractivity contribution >= 4 is 34.8 Å². The third kappa shape index (κ3) is 4.25. The summed E-state index contributed by atoms with van der Waals surface area (Å²) in [6, 6.07) is 9.12. The van der Waals surface area contributed by atoms with E-state index in [1.807, 2.05) is 32.9 Å². The number of benzene rings is 2. The highest BCUT2D eigenvalue weighted by atomic mass is 35.5. The maximum atomic E-state index is 12.5. The van der Waals surface area contributed by atoms with Gasteiger partial charge in [0.15, 0.2) is 0 Å². The second-order valence-corrected chi connectivity index (χ2v) is 7.46. The van der Waals surface area contributed by atoms with Crippen molar-refractivity contribution in [2.45, 2.75) is 27.2 Å². The molecule has 0 spiro atoms. The molecule has 6 heteroatoms. The molecule has 0 radical (unpaired) electrons. The molecule has 3 rings (SSSR count). The van der Waals surface area contributed by atoms with Crippen molar-refractivity contribution in [3.05, 3.63) is 52.0 Å². The fraction of sp³-hybridized carbons (Fsp3) is 0.333. The highest BCUT2D eigenvalue weighted by Crippen LogP contribution is 2.41. The van der Waals surface area contributed by atoms with Gasteiger partial charge in [0, 0.05) is 11.4 Å². The molecule has 2 aromatic rings. The van der Waals surface area contributed by atoms with Crippen LogP contribution in [0.2, 0.25) is 5.02 Å². The largest absolute Gasteiger partial charge is 0.495 e. The predicted octanol–water partition coefficient (Wildman–Crippen LogP) is 4.49. The fourth-order valence-electron chi connectivity index (χ4n) is 3.35. The van der Waals surface area contributed by atoms with Crippen molar-refractivity contribution in [1.82, 2.24) is 0 Å². The molecule has 1 fully saturated rings. The van der Waals surface area contributed by atoms with E-state index in [0.29, 0.717) is 22.9 Å². The average molecular weight is 387 g/mol. The summed E-state index contributed by atoms with van der Waals surface area (Å²) in [7, 11) is 1.53. The van der Waals surface area contributed by atoms with Gasteiger partial charge >= 0.3 is 0 Å². The van der Waals surface area contributed by atoms with Crippen molar-refractivity contribution in [3.8, 4) is 5.75 Å². The normalized spacial score (nSPS) is 18.0.